The molecule has 19 heteroatoms. The first-order valence-corrected chi connectivity index (χ1v) is 20.3. The molecule has 0 radical (unpaired) electrons. The van der Waals surface area contributed by atoms with Crippen LogP contribution in [-0.4, -0.2) is 69.6 Å². The van der Waals surface area contributed by atoms with Crippen LogP contribution in [0.25, 0.3) is 6.08 Å². The van der Waals surface area contributed by atoms with Crippen molar-refractivity contribution < 1.29 is 33.4 Å². The molecule has 4 N–H and O–H groups in total. The van der Waals surface area contributed by atoms with Crippen molar-refractivity contribution in [3.05, 3.63) is 87.7 Å². The van der Waals surface area contributed by atoms with Crippen LogP contribution in [-0.2, 0) is 19.1 Å². The average molecular weight is 827 g/mol. The number of benzene rings is 2. The number of hydrogen-bond acceptors (Lipinski definition) is 15. The quantitative estimate of drug-likeness (QED) is 0.0977. The van der Waals surface area contributed by atoms with Gasteiger partial charge in [-0.2, -0.15) is 0 Å². The Labute approximate surface area is 335 Å². The number of thiazole rings is 2. The summed E-state index contributed by atoms with van der Waals surface area (Å²) in [5.74, 6) is 0.290. The molecule has 0 spiro atoms. The van der Waals surface area contributed by atoms with Gasteiger partial charge in [0.15, 0.2) is 26.9 Å². The van der Waals surface area contributed by atoms with Crippen molar-refractivity contribution in [1.29, 1.82) is 0 Å². The van der Waals surface area contributed by atoms with Gasteiger partial charge in [0.1, 0.15) is 0 Å². The zero-order chi connectivity index (χ0) is 40.4. The van der Waals surface area contributed by atoms with Crippen molar-refractivity contribution in [2.24, 2.45) is 9.98 Å². The van der Waals surface area contributed by atoms with E-state index in [0.29, 0.717) is 49.0 Å². The Morgan fingerprint density at radius 1 is 0.764 bits per heavy atom. The van der Waals surface area contributed by atoms with Crippen LogP contribution >= 0.6 is 46.2 Å². The van der Waals surface area contributed by atoms with Crippen LogP contribution in [0.5, 0.6) is 0 Å². The molecule has 4 heterocycles. The fourth-order valence-electron chi connectivity index (χ4n) is 3.55. The number of amidine groups is 2. The van der Waals surface area contributed by atoms with Gasteiger partial charge in [-0.3, -0.25) is 25.0 Å². The second kappa shape index (κ2) is 26.4. The molecule has 0 saturated carbocycles. The molecule has 4 aromatic rings. The topological polar surface area (TPSA) is 202 Å². The number of aromatic nitrogens is 2. The minimum atomic E-state index is -0.561. The van der Waals surface area contributed by atoms with Crippen LogP contribution in [0, 0.1) is 0 Å². The van der Waals surface area contributed by atoms with E-state index in [1.165, 1.54) is 41.1 Å². The van der Waals surface area contributed by atoms with E-state index in [9.17, 15) is 24.0 Å². The van der Waals surface area contributed by atoms with Crippen LogP contribution in [0.4, 0.5) is 31.2 Å². The van der Waals surface area contributed by atoms with Crippen molar-refractivity contribution in [1.82, 2.24) is 20.6 Å². The number of rotatable bonds is 8. The second-order valence-electron chi connectivity index (χ2n) is 9.35. The summed E-state index contributed by atoms with van der Waals surface area (Å²) in [6, 6.07) is 19.0. The predicted octanol–water partition coefficient (Wildman–Crippen LogP) is 8.72. The molecule has 55 heavy (non-hydrogen) atoms. The summed E-state index contributed by atoms with van der Waals surface area (Å²) in [6.07, 6.45) is 4.24. The molecular formula is C36H42N8O7S4. The molecule has 2 aliphatic rings. The molecule has 0 atom stereocenters. The van der Waals surface area contributed by atoms with Crippen LogP contribution in [0.1, 0.15) is 56.1 Å². The third-order valence-electron chi connectivity index (χ3n) is 5.62. The molecule has 2 aliphatic heterocycles. The number of ether oxygens (including phenoxy) is 2. The number of nitrogens with zero attached hydrogens (tertiary/aromatic N) is 4. The Hall–Kier alpha value is -5.37. The van der Waals surface area contributed by atoms with Crippen molar-refractivity contribution >= 4 is 115 Å². The number of para-hydroxylation sites is 2. The molecular weight excluding hydrogens is 785 g/mol. The highest BCUT2D eigenvalue weighted by atomic mass is 32.2. The monoisotopic (exact) mass is 826 g/mol. The van der Waals surface area contributed by atoms with Crippen LogP contribution in [0.2, 0.25) is 0 Å². The van der Waals surface area contributed by atoms with Gasteiger partial charge in [0.05, 0.1) is 51.2 Å². The average Bonchev–Trinajstić information content (AvgIpc) is 4.01. The van der Waals surface area contributed by atoms with Gasteiger partial charge in [-0.05, 0) is 56.0 Å². The van der Waals surface area contributed by atoms with Gasteiger partial charge in [-0.25, -0.2) is 29.5 Å². The van der Waals surface area contributed by atoms with Crippen LogP contribution in [0.3, 0.4) is 0 Å². The van der Waals surface area contributed by atoms with Gasteiger partial charge in [0, 0.05) is 6.20 Å². The summed E-state index contributed by atoms with van der Waals surface area (Å²) in [7, 11) is 0. The van der Waals surface area contributed by atoms with Crippen molar-refractivity contribution in [3.63, 3.8) is 0 Å². The zero-order valence-electron chi connectivity index (χ0n) is 31.0. The molecule has 2 fully saturated rings. The van der Waals surface area contributed by atoms with Gasteiger partial charge in [0.25, 0.3) is 5.91 Å². The number of aldehydes is 1. The molecule has 4 amide bonds. The maximum atomic E-state index is 12.1. The van der Waals surface area contributed by atoms with Crippen molar-refractivity contribution in [2.45, 2.75) is 41.5 Å². The lowest BCUT2D eigenvalue weighted by molar-refractivity contribution is -0.117. The zero-order valence-corrected chi connectivity index (χ0v) is 34.2. The lowest BCUT2D eigenvalue weighted by Gasteiger charge is -1.99. The smallest absolute Gasteiger partial charge is 0.413 e. The maximum absolute atomic E-state index is 12.1. The Morgan fingerprint density at radius 3 is 1.71 bits per heavy atom. The van der Waals surface area contributed by atoms with E-state index >= 15 is 0 Å². The SMILES string of the molecule is CC.CC.CCOC(=O)Nc1ncc(/C=C2\SC(=Nc3ccccc3)NC2=O)s1.CCOC(=O)Nc1ncc(C=O)s1.O=C1CSC(=Nc2ccccc2)N1. The minimum Gasteiger partial charge on any atom is -0.450 e. The van der Waals surface area contributed by atoms with Gasteiger partial charge >= 0.3 is 12.2 Å². The molecule has 0 unspecified atom stereocenters. The van der Waals surface area contributed by atoms with Crippen LogP contribution in [0.15, 0.2) is 87.9 Å². The lowest BCUT2D eigenvalue weighted by atomic mass is 10.3. The van der Waals surface area contributed by atoms with Gasteiger partial charge in [-0.15, -0.1) is 0 Å². The first kappa shape index (κ1) is 45.8. The number of carbonyl (C=O) groups excluding carboxylic acids is 5. The van der Waals surface area contributed by atoms with E-state index in [0.717, 1.165) is 27.6 Å². The number of aliphatic imine (C=N–C) groups is 2. The summed E-state index contributed by atoms with van der Waals surface area (Å²) in [5, 5.41) is 12.3. The molecule has 2 aromatic carbocycles. The summed E-state index contributed by atoms with van der Waals surface area (Å²) >= 11 is 5.04. The number of hydrogen-bond donors (Lipinski definition) is 4. The highest BCUT2D eigenvalue weighted by Gasteiger charge is 2.24. The Kier molecular flexibility index (Phi) is 22.0. The predicted molar refractivity (Wildman–Crippen MR) is 225 cm³/mol. The summed E-state index contributed by atoms with van der Waals surface area (Å²) < 4.78 is 9.41. The normalized spacial score (nSPS) is 14.6. The van der Waals surface area contributed by atoms with E-state index in [4.69, 9.17) is 4.74 Å². The summed E-state index contributed by atoms with van der Waals surface area (Å²) in [6.45, 7) is 12.0. The fraction of sp³-hybridized carbons (Fsp3) is 0.250. The Morgan fingerprint density at radius 2 is 1.25 bits per heavy atom. The van der Waals surface area contributed by atoms with Crippen molar-refractivity contribution in [3.8, 4) is 0 Å². The Balaban J connectivity index is 0.000000295. The van der Waals surface area contributed by atoms with E-state index in [1.54, 1.807) is 26.1 Å². The maximum Gasteiger partial charge on any atom is 0.413 e. The first-order valence-electron chi connectivity index (χ1n) is 16.9. The third kappa shape index (κ3) is 17.5. The number of carbonyl (C=O) groups is 5. The van der Waals surface area contributed by atoms with Gasteiger partial charge < -0.3 is 20.1 Å². The molecule has 6 rings (SSSR count). The standard InChI is InChI=1S/C16H14N4O3S2.C9H8N2OS.C7H8N2O3S.2C2H6/c1-2-23-16(22)20-14-17-9-11(24-14)8-12-13(21)19-15(25-12)18-10-6-4-3-5-7-10;12-8-6-13-9(11-8)10-7-4-2-1-3-5-7;1-2-12-7(11)9-6-8-3-5(4-10)13-6;2*1-2/h3-9H,2H2,1H3,(H,17,20,22)(H,18,19,21);1-5H,6H2,(H,10,11,12);3-4H,2H2,1H3,(H,8,9,11);2*1-2H3/b12-8-;;;;. The number of thioether (sulfide) groups is 2. The van der Waals surface area contributed by atoms with Gasteiger partial charge in [-0.1, -0.05) is 98.5 Å². The van der Waals surface area contributed by atoms with Crippen LogP contribution < -0.4 is 21.3 Å². The van der Waals surface area contributed by atoms with Gasteiger partial charge in [0.2, 0.25) is 5.91 Å². The van der Waals surface area contributed by atoms with E-state index in [-0.39, 0.29) is 18.4 Å². The number of anilines is 2. The van der Waals surface area contributed by atoms with E-state index in [2.05, 4.69) is 46.0 Å². The minimum absolute atomic E-state index is 0.0275. The Bertz CT molecular complexity index is 1920. The molecule has 2 aromatic heterocycles. The van der Waals surface area contributed by atoms with E-state index in [1.807, 2.05) is 88.4 Å². The molecule has 0 bridgehead atoms. The molecule has 292 valence electrons. The third-order valence-corrected chi connectivity index (χ3v) is 9.10. The number of nitrogens with one attached hydrogen (secondary N) is 4. The summed E-state index contributed by atoms with van der Waals surface area (Å²) in [5.41, 5.74) is 1.64. The summed E-state index contributed by atoms with van der Waals surface area (Å²) in [4.78, 5) is 73.6. The van der Waals surface area contributed by atoms with Crippen molar-refractivity contribution in [2.75, 3.05) is 29.6 Å². The fourth-order valence-corrected chi connectivity index (χ4v) is 6.52. The molecule has 15 nitrogen and oxygen atoms in total. The largest absolute Gasteiger partial charge is 0.450 e. The molecule has 2 saturated heterocycles. The van der Waals surface area contributed by atoms with E-state index < -0.39 is 12.2 Å². The highest BCUT2D eigenvalue weighted by molar-refractivity contribution is 8.18. The second-order valence-corrected chi connectivity index (χ2v) is 13.5. The number of amides is 4. The lowest BCUT2D eigenvalue weighted by Crippen LogP contribution is -2.19. The highest BCUT2D eigenvalue weighted by Crippen LogP contribution is 2.30. The molecule has 0 aliphatic carbocycles. The first-order chi connectivity index (χ1) is 26.7.